The Morgan fingerprint density at radius 2 is 2.36 bits per heavy atom. The Labute approximate surface area is 84.1 Å². The Kier molecular flexibility index (Phi) is 3.99. The number of hydrogen-bond acceptors (Lipinski definition) is 4. The van der Waals surface area contributed by atoms with Gasteiger partial charge in [0.15, 0.2) is 0 Å². The van der Waals surface area contributed by atoms with Crippen molar-refractivity contribution in [1.82, 2.24) is 10.2 Å². The first-order valence-corrected chi connectivity index (χ1v) is 4.92. The van der Waals surface area contributed by atoms with Crippen LogP contribution >= 0.6 is 11.8 Å². The zero-order valence-corrected chi connectivity index (χ0v) is 8.00. The largest absolute Gasteiger partial charge is 0.481 e. The van der Waals surface area contributed by atoms with Gasteiger partial charge < -0.3 is 10.4 Å². The van der Waals surface area contributed by atoms with Crippen molar-refractivity contribution in [2.45, 2.75) is 0 Å². The normalized spacial score (nSPS) is 9.71. The number of aromatic nitrogens is 2. The fourth-order valence-corrected chi connectivity index (χ4v) is 1.28. The quantitative estimate of drug-likeness (QED) is 0.650. The van der Waals surface area contributed by atoms with Gasteiger partial charge in [-0.3, -0.25) is 14.7 Å². The first-order valence-electron chi connectivity index (χ1n) is 3.76. The van der Waals surface area contributed by atoms with Crippen molar-refractivity contribution in [2.24, 2.45) is 0 Å². The van der Waals surface area contributed by atoms with E-state index in [1.165, 1.54) is 6.20 Å². The molecule has 76 valence electrons. The molecule has 0 atom stereocenters. The highest BCUT2D eigenvalue weighted by Gasteiger charge is 2.04. The number of aliphatic carboxylic acids is 1. The highest BCUT2D eigenvalue weighted by molar-refractivity contribution is 8.00. The fraction of sp³-hybridized carbons (Fsp3) is 0.286. The molecule has 0 aliphatic rings. The third-order valence-corrected chi connectivity index (χ3v) is 2.16. The topological polar surface area (TPSA) is 95.1 Å². The number of H-pyrrole nitrogens is 1. The summed E-state index contributed by atoms with van der Waals surface area (Å²) < 4.78 is 0. The van der Waals surface area contributed by atoms with Crippen LogP contribution in [0.4, 0.5) is 5.69 Å². The van der Waals surface area contributed by atoms with Gasteiger partial charge >= 0.3 is 5.97 Å². The summed E-state index contributed by atoms with van der Waals surface area (Å²) in [6, 6.07) is 0. The van der Waals surface area contributed by atoms with E-state index >= 15 is 0 Å². The maximum Gasteiger partial charge on any atom is 0.313 e. The molecular weight excluding hydrogens is 206 g/mol. The van der Waals surface area contributed by atoms with E-state index in [-0.39, 0.29) is 17.4 Å². The van der Waals surface area contributed by atoms with Crippen molar-refractivity contribution in [3.8, 4) is 0 Å². The third kappa shape index (κ3) is 3.94. The van der Waals surface area contributed by atoms with Crippen LogP contribution in [0.15, 0.2) is 12.4 Å². The molecule has 0 saturated heterocycles. The molecule has 0 fully saturated rings. The molecule has 6 nitrogen and oxygen atoms in total. The predicted octanol–water partition coefficient (Wildman–Crippen LogP) is 0.166. The van der Waals surface area contributed by atoms with Crippen LogP contribution in [-0.4, -0.2) is 38.7 Å². The highest BCUT2D eigenvalue weighted by atomic mass is 32.2. The predicted molar refractivity (Wildman–Crippen MR) is 52.2 cm³/mol. The van der Waals surface area contributed by atoms with Gasteiger partial charge in [-0.05, 0) is 0 Å². The number of thioether (sulfide) groups is 1. The average Bonchev–Trinajstić information content (AvgIpc) is 2.56. The summed E-state index contributed by atoms with van der Waals surface area (Å²) in [6.07, 6.45) is 3.01. The van der Waals surface area contributed by atoms with Crippen molar-refractivity contribution >= 4 is 29.3 Å². The van der Waals surface area contributed by atoms with Crippen molar-refractivity contribution in [2.75, 3.05) is 16.8 Å². The Bertz CT molecular complexity index is 312. The average molecular weight is 215 g/mol. The van der Waals surface area contributed by atoms with Gasteiger partial charge in [0.25, 0.3) is 0 Å². The monoisotopic (exact) mass is 215 g/mol. The Hall–Kier alpha value is -1.50. The molecule has 1 amide bonds. The summed E-state index contributed by atoms with van der Waals surface area (Å²) >= 11 is 1.05. The van der Waals surface area contributed by atoms with Crippen LogP contribution in [0.3, 0.4) is 0 Å². The summed E-state index contributed by atoms with van der Waals surface area (Å²) in [6.45, 7) is 0. The van der Waals surface area contributed by atoms with E-state index in [1.54, 1.807) is 6.20 Å². The van der Waals surface area contributed by atoms with E-state index in [0.717, 1.165) is 11.8 Å². The number of amides is 1. The first kappa shape index (κ1) is 10.6. The summed E-state index contributed by atoms with van der Waals surface area (Å²) in [5, 5.41) is 17.1. The molecule has 0 spiro atoms. The van der Waals surface area contributed by atoms with Gasteiger partial charge in [-0.25, -0.2) is 0 Å². The van der Waals surface area contributed by atoms with Gasteiger partial charge in [0.05, 0.1) is 23.4 Å². The number of aromatic amines is 1. The summed E-state index contributed by atoms with van der Waals surface area (Å²) in [7, 11) is 0. The van der Waals surface area contributed by atoms with Crippen LogP contribution in [0.2, 0.25) is 0 Å². The molecule has 1 aromatic rings. The number of carboxylic acids is 1. The Morgan fingerprint density at radius 1 is 1.57 bits per heavy atom. The van der Waals surface area contributed by atoms with Crippen molar-refractivity contribution in [3.63, 3.8) is 0 Å². The van der Waals surface area contributed by atoms with Gasteiger partial charge in [0.2, 0.25) is 5.91 Å². The van der Waals surface area contributed by atoms with Crippen LogP contribution in [0.1, 0.15) is 0 Å². The standard InChI is InChI=1S/C7H9N3O3S/c11-6(3-14-4-7(12)13)10-5-1-8-9-2-5/h1-2H,3-4H2,(H,8,9)(H,10,11)(H,12,13). The van der Waals surface area contributed by atoms with E-state index in [2.05, 4.69) is 15.5 Å². The minimum Gasteiger partial charge on any atom is -0.481 e. The molecule has 7 heteroatoms. The molecule has 14 heavy (non-hydrogen) atoms. The van der Waals surface area contributed by atoms with Crippen LogP contribution in [0.25, 0.3) is 0 Å². The first-order chi connectivity index (χ1) is 6.68. The molecule has 0 unspecified atom stereocenters. The van der Waals surface area contributed by atoms with Crippen LogP contribution in [0, 0.1) is 0 Å². The summed E-state index contributed by atoms with van der Waals surface area (Å²) in [5.41, 5.74) is 0.575. The van der Waals surface area contributed by atoms with Gasteiger partial charge in [-0.2, -0.15) is 5.10 Å². The second-order valence-electron chi connectivity index (χ2n) is 2.42. The minimum atomic E-state index is -0.925. The lowest BCUT2D eigenvalue weighted by atomic mass is 10.5. The van der Waals surface area contributed by atoms with Crippen molar-refractivity contribution < 1.29 is 14.7 Å². The molecule has 1 rings (SSSR count). The number of carbonyl (C=O) groups is 2. The zero-order chi connectivity index (χ0) is 10.4. The van der Waals surface area contributed by atoms with E-state index in [4.69, 9.17) is 5.11 Å². The lowest BCUT2D eigenvalue weighted by molar-refractivity contribution is -0.133. The van der Waals surface area contributed by atoms with E-state index in [0.29, 0.717) is 5.69 Å². The number of anilines is 1. The van der Waals surface area contributed by atoms with E-state index in [9.17, 15) is 9.59 Å². The fourth-order valence-electron chi connectivity index (χ4n) is 0.747. The van der Waals surface area contributed by atoms with E-state index in [1.807, 2.05) is 0 Å². The molecule has 0 radical (unpaired) electrons. The smallest absolute Gasteiger partial charge is 0.313 e. The van der Waals surface area contributed by atoms with E-state index < -0.39 is 5.97 Å². The molecule has 0 aliphatic heterocycles. The molecular formula is C7H9N3O3S. The number of carboxylic acid groups (broad SMARTS) is 1. The van der Waals surface area contributed by atoms with Crippen LogP contribution < -0.4 is 5.32 Å². The maximum absolute atomic E-state index is 11.1. The summed E-state index contributed by atoms with van der Waals surface area (Å²) in [5.74, 6) is -1.11. The highest BCUT2D eigenvalue weighted by Crippen LogP contribution is 2.04. The summed E-state index contributed by atoms with van der Waals surface area (Å²) in [4.78, 5) is 21.3. The second kappa shape index (κ2) is 5.28. The third-order valence-electron chi connectivity index (χ3n) is 1.24. The number of rotatable bonds is 5. The second-order valence-corrected chi connectivity index (χ2v) is 3.41. The minimum absolute atomic E-state index is 0.0706. The molecule has 1 heterocycles. The number of nitrogens with zero attached hydrogens (tertiary/aromatic N) is 1. The van der Waals surface area contributed by atoms with Crippen LogP contribution in [0.5, 0.6) is 0 Å². The molecule has 1 aromatic heterocycles. The molecule has 0 bridgehead atoms. The number of hydrogen-bond donors (Lipinski definition) is 3. The number of carbonyl (C=O) groups excluding carboxylic acids is 1. The zero-order valence-electron chi connectivity index (χ0n) is 7.19. The number of nitrogens with one attached hydrogen (secondary N) is 2. The SMILES string of the molecule is O=C(O)CSCC(=O)Nc1cn[nH]c1. The lowest BCUT2D eigenvalue weighted by Crippen LogP contribution is -2.14. The van der Waals surface area contributed by atoms with Gasteiger partial charge in [0.1, 0.15) is 0 Å². The molecule has 3 N–H and O–H groups in total. The lowest BCUT2D eigenvalue weighted by Gasteiger charge is -1.99. The van der Waals surface area contributed by atoms with Crippen molar-refractivity contribution in [1.29, 1.82) is 0 Å². The van der Waals surface area contributed by atoms with Gasteiger partial charge in [-0.15, -0.1) is 11.8 Å². The Balaban J connectivity index is 2.20. The molecule has 0 aromatic carbocycles. The van der Waals surface area contributed by atoms with Gasteiger partial charge in [-0.1, -0.05) is 0 Å². The van der Waals surface area contributed by atoms with Gasteiger partial charge in [0, 0.05) is 6.20 Å². The van der Waals surface area contributed by atoms with Crippen molar-refractivity contribution in [3.05, 3.63) is 12.4 Å². The Morgan fingerprint density at radius 3 is 2.93 bits per heavy atom. The molecule has 0 saturated carbocycles. The maximum atomic E-state index is 11.1. The van der Waals surface area contributed by atoms with Crippen LogP contribution in [-0.2, 0) is 9.59 Å². The molecule has 0 aliphatic carbocycles.